The van der Waals surface area contributed by atoms with Gasteiger partial charge in [-0.15, -0.1) is 5.10 Å². The first-order chi connectivity index (χ1) is 16.0. The molecule has 1 aliphatic rings. The number of hydrogen-bond acceptors (Lipinski definition) is 6. The third kappa shape index (κ3) is 3.68. The Bertz CT molecular complexity index is 1500. The first-order valence-corrected chi connectivity index (χ1v) is 10.3. The van der Waals surface area contributed by atoms with E-state index in [0.29, 0.717) is 16.6 Å². The second-order valence-corrected chi connectivity index (χ2v) is 8.31. The maximum Gasteiger partial charge on any atom is 0.437 e. The molecule has 0 radical (unpaired) electrons. The van der Waals surface area contributed by atoms with Gasteiger partial charge in [0.05, 0.1) is 17.0 Å². The first-order valence-electron chi connectivity index (χ1n) is 10.3. The highest BCUT2D eigenvalue weighted by Crippen LogP contribution is 2.51. The Balaban J connectivity index is 1.34. The zero-order chi connectivity index (χ0) is 24.3. The van der Waals surface area contributed by atoms with Gasteiger partial charge in [-0.25, -0.2) is 19.2 Å². The molecule has 3 aromatic heterocycles. The number of alkyl halides is 4. The molecule has 0 N–H and O–H groups in total. The summed E-state index contributed by atoms with van der Waals surface area (Å²) >= 11 is 0. The summed E-state index contributed by atoms with van der Waals surface area (Å²) in [6, 6.07) is 4.92. The van der Waals surface area contributed by atoms with Crippen molar-refractivity contribution < 1.29 is 22.0 Å². The Hall–Kier alpha value is -3.83. The van der Waals surface area contributed by atoms with Gasteiger partial charge in [0.1, 0.15) is 18.5 Å². The second kappa shape index (κ2) is 7.61. The fourth-order valence-corrected chi connectivity index (χ4v) is 4.16. The summed E-state index contributed by atoms with van der Waals surface area (Å²) in [5, 5.41) is 4.43. The first kappa shape index (κ1) is 22.0. The zero-order valence-electron chi connectivity index (χ0n) is 17.7. The van der Waals surface area contributed by atoms with Crippen molar-refractivity contribution in [2.45, 2.75) is 44.2 Å². The third-order valence-electron chi connectivity index (χ3n) is 6.04. The molecule has 4 aromatic rings. The minimum absolute atomic E-state index is 0.0549. The van der Waals surface area contributed by atoms with Crippen LogP contribution in [0.1, 0.15) is 41.5 Å². The number of hydrogen-bond donors (Lipinski definition) is 0. The van der Waals surface area contributed by atoms with Crippen LogP contribution in [0.25, 0.3) is 11.0 Å². The molecule has 1 saturated carbocycles. The molecule has 1 aromatic carbocycles. The van der Waals surface area contributed by atoms with Gasteiger partial charge in [-0.1, -0.05) is 12.1 Å². The molecule has 0 aliphatic heterocycles. The Kier molecular flexibility index (Phi) is 4.92. The maximum absolute atomic E-state index is 15.2. The summed E-state index contributed by atoms with van der Waals surface area (Å²) in [4.78, 5) is 33.3. The lowest BCUT2D eigenvalue weighted by Crippen LogP contribution is -2.42. The normalized spacial score (nSPS) is 20.4. The van der Waals surface area contributed by atoms with Crippen LogP contribution in [-0.4, -0.2) is 24.3 Å². The quantitative estimate of drug-likeness (QED) is 0.419. The molecule has 176 valence electrons. The highest BCUT2D eigenvalue weighted by molar-refractivity contribution is 5.76. The van der Waals surface area contributed by atoms with Gasteiger partial charge in [0, 0.05) is 19.0 Å². The average molecular weight is 475 g/mol. The fourth-order valence-electron chi connectivity index (χ4n) is 4.16. The molecule has 0 saturated heterocycles. The second-order valence-electron chi connectivity index (χ2n) is 8.31. The number of rotatable bonds is 4. The number of nitrogens with zero attached hydrogens (tertiary/aromatic N) is 5. The van der Waals surface area contributed by atoms with Gasteiger partial charge in [-0.2, -0.15) is 17.9 Å². The minimum atomic E-state index is -4.51. The summed E-state index contributed by atoms with van der Waals surface area (Å²) in [6.45, 7) is 1.59. The van der Waals surface area contributed by atoms with Crippen LogP contribution in [0.4, 0.5) is 17.6 Å². The van der Waals surface area contributed by atoms with Crippen molar-refractivity contribution in [3.63, 3.8) is 0 Å². The summed E-state index contributed by atoms with van der Waals surface area (Å²) in [5.74, 6) is -0.866. The van der Waals surface area contributed by atoms with Crippen LogP contribution in [0.15, 0.2) is 56.9 Å². The van der Waals surface area contributed by atoms with Gasteiger partial charge in [-0.05, 0) is 36.2 Å². The summed E-state index contributed by atoms with van der Waals surface area (Å²) < 4.78 is 60.8. The van der Waals surface area contributed by atoms with E-state index in [0.717, 1.165) is 28.9 Å². The molecule has 5 rings (SSSR count). The number of pyridine rings is 1. The molecule has 8 nitrogen and oxygen atoms in total. The minimum Gasteiger partial charge on any atom is -0.390 e. The predicted molar refractivity (Wildman–Crippen MR) is 111 cm³/mol. The highest BCUT2D eigenvalue weighted by Gasteiger charge is 2.48. The Morgan fingerprint density at radius 2 is 1.82 bits per heavy atom. The monoisotopic (exact) mass is 475 g/mol. The Morgan fingerprint density at radius 1 is 1.12 bits per heavy atom. The van der Waals surface area contributed by atoms with E-state index in [9.17, 15) is 22.8 Å². The van der Waals surface area contributed by atoms with E-state index in [1.165, 1.54) is 10.9 Å². The summed E-state index contributed by atoms with van der Waals surface area (Å²) in [7, 11) is 0. The molecule has 34 heavy (non-hydrogen) atoms. The lowest BCUT2D eigenvalue weighted by atomic mass is 9.73. The van der Waals surface area contributed by atoms with Crippen molar-refractivity contribution in [2.75, 3.05) is 0 Å². The molecule has 0 spiro atoms. The molecule has 12 heteroatoms. The summed E-state index contributed by atoms with van der Waals surface area (Å²) in [5.41, 5.74) is -2.02. The predicted octanol–water partition coefficient (Wildman–Crippen LogP) is 3.52. The molecule has 0 atom stereocenters. The number of aromatic nitrogens is 5. The molecule has 1 fully saturated rings. The van der Waals surface area contributed by atoms with Crippen molar-refractivity contribution in [3.05, 3.63) is 86.3 Å². The van der Waals surface area contributed by atoms with E-state index < -0.39 is 29.2 Å². The molecule has 3 heterocycles. The van der Waals surface area contributed by atoms with Gasteiger partial charge >= 0.3 is 11.9 Å². The van der Waals surface area contributed by atoms with Gasteiger partial charge in [0.15, 0.2) is 5.65 Å². The number of benzene rings is 1. The van der Waals surface area contributed by atoms with Crippen LogP contribution in [0, 0.1) is 6.92 Å². The van der Waals surface area contributed by atoms with E-state index in [4.69, 9.17) is 4.42 Å². The lowest BCUT2D eigenvalue weighted by Gasteiger charge is -2.40. The molecular formula is C22H17F4N5O3. The largest absolute Gasteiger partial charge is 0.437 e. The molecule has 1 aliphatic carbocycles. The van der Waals surface area contributed by atoms with Crippen molar-refractivity contribution >= 4 is 11.0 Å². The lowest BCUT2D eigenvalue weighted by molar-refractivity contribution is -0.137. The van der Waals surface area contributed by atoms with Crippen molar-refractivity contribution in [1.82, 2.24) is 24.3 Å². The Morgan fingerprint density at radius 3 is 2.50 bits per heavy atom. The summed E-state index contributed by atoms with van der Waals surface area (Å²) in [6.07, 6.45) is -1.98. The van der Waals surface area contributed by atoms with Crippen molar-refractivity contribution in [2.24, 2.45) is 0 Å². The van der Waals surface area contributed by atoms with Crippen LogP contribution < -0.4 is 11.3 Å². The van der Waals surface area contributed by atoms with E-state index in [1.807, 2.05) is 0 Å². The topological polar surface area (TPSA) is 95.8 Å². The van der Waals surface area contributed by atoms with Crippen LogP contribution in [-0.2, 0) is 18.4 Å². The SMILES string of the molecule is Cc1ccnc2ncn(Cc3nn(C4CC(F)(c5ccc(C(F)(F)F)cc5)C4)c(=O)o3)c(=O)c12. The van der Waals surface area contributed by atoms with Crippen LogP contribution >= 0.6 is 0 Å². The van der Waals surface area contributed by atoms with Crippen molar-refractivity contribution in [3.8, 4) is 0 Å². The van der Waals surface area contributed by atoms with Crippen LogP contribution in [0.3, 0.4) is 0 Å². The average Bonchev–Trinajstić information content (AvgIpc) is 3.12. The van der Waals surface area contributed by atoms with E-state index in [1.54, 1.807) is 19.2 Å². The van der Waals surface area contributed by atoms with Crippen LogP contribution in [0.5, 0.6) is 0 Å². The third-order valence-corrected chi connectivity index (χ3v) is 6.04. The molecule has 0 unspecified atom stereocenters. The van der Waals surface area contributed by atoms with E-state index >= 15 is 4.39 Å². The molecular weight excluding hydrogens is 458 g/mol. The Labute approximate surface area is 188 Å². The molecule has 0 amide bonds. The van der Waals surface area contributed by atoms with Gasteiger partial charge in [-0.3, -0.25) is 9.36 Å². The van der Waals surface area contributed by atoms with Crippen molar-refractivity contribution in [1.29, 1.82) is 0 Å². The number of fused-ring (bicyclic) bond motifs is 1. The van der Waals surface area contributed by atoms with Crippen LogP contribution in [0.2, 0.25) is 0 Å². The number of aryl methyl sites for hydroxylation is 1. The fraction of sp³-hybridized carbons (Fsp3) is 0.318. The highest BCUT2D eigenvalue weighted by atomic mass is 19.4. The van der Waals surface area contributed by atoms with Gasteiger partial charge in [0.25, 0.3) is 5.56 Å². The molecule has 0 bridgehead atoms. The van der Waals surface area contributed by atoms with E-state index in [-0.39, 0.29) is 36.4 Å². The maximum atomic E-state index is 15.2. The number of halogens is 4. The zero-order valence-corrected chi connectivity index (χ0v) is 17.7. The smallest absolute Gasteiger partial charge is 0.390 e. The standard InChI is InChI=1S/C22H17F4N5O3/c1-12-6-7-27-18-17(12)19(32)30(11-28-18)10-16-29-31(20(33)34-16)15-8-21(23,9-15)13-2-4-14(5-3-13)22(24,25)26/h2-7,11,15H,8-10H2,1H3. The van der Waals surface area contributed by atoms with Gasteiger partial charge < -0.3 is 4.42 Å². The van der Waals surface area contributed by atoms with Gasteiger partial charge in [0.2, 0.25) is 5.89 Å². The van der Waals surface area contributed by atoms with E-state index in [2.05, 4.69) is 15.1 Å².